The Bertz CT molecular complexity index is 616. The lowest BCUT2D eigenvalue weighted by Gasteiger charge is -2.13. The van der Waals surface area contributed by atoms with E-state index in [1.807, 2.05) is 31.2 Å². The number of carbonyl (C=O) groups is 1. The van der Waals surface area contributed by atoms with Gasteiger partial charge in [0.25, 0.3) is 5.91 Å². The largest absolute Gasteiger partial charge is 0.387 e. The highest BCUT2D eigenvalue weighted by Gasteiger charge is 2.13. The maximum Gasteiger partial charge on any atom is 0.254 e. The molecule has 0 fully saturated rings. The van der Waals surface area contributed by atoms with Gasteiger partial charge in [-0.25, -0.2) is 4.98 Å². The SMILES string of the molecule is Cc1cccc(C(O)CNC(=O)c2cccnc2Br)c1. The van der Waals surface area contributed by atoms with Gasteiger partial charge >= 0.3 is 0 Å². The Morgan fingerprint density at radius 3 is 2.90 bits per heavy atom. The maximum absolute atomic E-state index is 12.0. The van der Waals surface area contributed by atoms with Crippen LogP contribution in [0.25, 0.3) is 0 Å². The van der Waals surface area contributed by atoms with E-state index in [-0.39, 0.29) is 12.5 Å². The lowest BCUT2D eigenvalue weighted by Crippen LogP contribution is -2.28. The first-order chi connectivity index (χ1) is 9.58. The average Bonchev–Trinajstić information content (AvgIpc) is 2.45. The Kier molecular flexibility index (Phi) is 4.87. The van der Waals surface area contributed by atoms with Crippen molar-refractivity contribution >= 4 is 21.8 Å². The number of aromatic nitrogens is 1. The number of benzene rings is 1. The second-order valence-electron chi connectivity index (χ2n) is 4.48. The molecule has 0 aliphatic heterocycles. The van der Waals surface area contributed by atoms with E-state index in [9.17, 15) is 9.90 Å². The van der Waals surface area contributed by atoms with Crippen molar-refractivity contribution in [1.29, 1.82) is 0 Å². The van der Waals surface area contributed by atoms with E-state index in [4.69, 9.17) is 0 Å². The van der Waals surface area contributed by atoms with Crippen LogP contribution in [0.5, 0.6) is 0 Å². The smallest absolute Gasteiger partial charge is 0.254 e. The highest BCUT2D eigenvalue weighted by atomic mass is 79.9. The molecule has 2 rings (SSSR count). The van der Waals surface area contributed by atoms with Gasteiger partial charge < -0.3 is 10.4 Å². The normalized spacial score (nSPS) is 11.9. The second-order valence-corrected chi connectivity index (χ2v) is 5.23. The van der Waals surface area contributed by atoms with Crippen molar-refractivity contribution in [1.82, 2.24) is 10.3 Å². The molecule has 1 amide bonds. The number of rotatable bonds is 4. The Balaban J connectivity index is 1.99. The molecule has 0 aliphatic carbocycles. The summed E-state index contributed by atoms with van der Waals surface area (Å²) in [4.78, 5) is 16.0. The van der Waals surface area contributed by atoms with E-state index in [1.54, 1.807) is 18.3 Å². The van der Waals surface area contributed by atoms with Crippen LogP contribution in [0, 0.1) is 6.92 Å². The summed E-state index contributed by atoms with van der Waals surface area (Å²) in [5.41, 5.74) is 2.31. The Hall–Kier alpha value is -1.72. The number of aliphatic hydroxyl groups is 1. The number of nitrogens with zero attached hydrogens (tertiary/aromatic N) is 1. The fourth-order valence-electron chi connectivity index (χ4n) is 1.84. The summed E-state index contributed by atoms with van der Waals surface area (Å²) >= 11 is 3.22. The molecule has 20 heavy (non-hydrogen) atoms. The summed E-state index contributed by atoms with van der Waals surface area (Å²) in [5.74, 6) is -0.267. The van der Waals surface area contributed by atoms with Gasteiger partial charge in [-0.3, -0.25) is 4.79 Å². The predicted molar refractivity (Wildman–Crippen MR) is 80.4 cm³/mol. The van der Waals surface area contributed by atoms with Crippen molar-refractivity contribution in [3.8, 4) is 0 Å². The van der Waals surface area contributed by atoms with E-state index in [0.29, 0.717) is 10.2 Å². The number of hydrogen-bond acceptors (Lipinski definition) is 3. The molecule has 0 spiro atoms. The van der Waals surface area contributed by atoms with Gasteiger partial charge in [0, 0.05) is 12.7 Å². The summed E-state index contributed by atoms with van der Waals surface area (Å²) < 4.78 is 0.488. The van der Waals surface area contributed by atoms with Crippen molar-refractivity contribution in [2.75, 3.05) is 6.54 Å². The monoisotopic (exact) mass is 334 g/mol. The van der Waals surface area contributed by atoms with Crippen molar-refractivity contribution in [3.05, 3.63) is 63.9 Å². The molecular formula is C15H15BrN2O2. The highest BCUT2D eigenvalue weighted by molar-refractivity contribution is 9.10. The highest BCUT2D eigenvalue weighted by Crippen LogP contribution is 2.15. The minimum Gasteiger partial charge on any atom is -0.387 e. The van der Waals surface area contributed by atoms with Crippen LogP contribution in [0.2, 0.25) is 0 Å². The van der Waals surface area contributed by atoms with Gasteiger partial charge in [-0.1, -0.05) is 29.8 Å². The fourth-order valence-corrected chi connectivity index (χ4v) is 2.27. The number of aliphatic hydroxyl groups excluding tert-OH is 1. The van der Waals surface area contributed by atoms with Gasteiger partial charge in [-0.15, -0.1) is 0 Å². The average molecular weight is 335 g/mol. The lowest BCUT2D eigenvalue weighted by atomic mass is 10.1. The van der Waals surface area contributed by atoms with Gasteiger partial charge in [0.2, 0.25) is 0 Å². The van der Waals surface area contributed by atoms with Crippen LogP contribution in [-0.4, -0.2) is 22.5 Å². The minimum absolute atomic E-state index is 0.156. The van der Waals surface area contributed by atoms with Crippen molar-refractivity contribution in [2.24, 2.45) is 0 Å². The van der Waals surface area contributed by atoms with E-state index in [2.05, 4.69) is 26.2 Å². The molecule has 1 heterocycles. The molecule has 104 valence electrons. The Morgan fingerprint density at radius 1 is 1.40 bits per heavy atom. The first-order valence-electron chi connectivity index (χ1n) is 6.21. The molecule has 1 atom stereocenters. The number of aryl methyl sites for hydroxylation is 1. The molecule has 0 saturated heterocycles. The zero-order valence-corrected chi connectivity index (χ0v) is 12.6. The molecule has 0 saturated carbocycles. The van der Waals surface area contributed by atoms with E-state index in [0.717, 1.165) is 11.1 Å². The van der Waals surface area contributed by atoms with Crippen LogP contribution in [0.15, 0.2) is 47.2 Å². The maximum atomic E-state index is 12.0. The molecule has 4 nitrogen and oxygen atoms in total. The lowest BCUT2D eigenvalue weighted by molar-refractivity contribution is 0.0915. The topological polar surface area (TPSA) is 62.2 Å². The molecule has 0 aliphatic rings. The molecule has 0 radical (unpaired) electrons. The number of carbonyl (C=O) groups excluding carboxylic acids is 1. The number of amides is 1. The standard InChI is InChI=1S/C15H15BrN2O2/c1-10-4-2-5-11(8-10)13(19)9-18-15(20)12-6-3-7-17-14(12)16/h2-8,13,19H,9H2,1H3,(H,18,20). The molecule has 2 aromatic rings. The first kappa shape index (κ1) is 14.7. The third-order valence-corrected chi connectivity index (χ3v) is 3.52. The molecule has 2 N–H and O–H groups in total. The van der Waals surface area contributed by atoms with E-state index < -0.39 is 6.10 Å². The molecule has 0 bridgehead atoms. The Labute approximate surface area is 126 Å². The van der Waals surface area contributed by atoms with Crippen LogP contribution in [0.3, 0.4) is 0 Å². The third kappa shape index (κ3) is 3.65. The Morgan fingerprint density at radius 2 is 2.20 bits per heavy atom. The molecule has 5 heteroatoms. The predicted octanol–water partition coefficient (Wildman–Crippen LogP) is 2.62. The summed E-state index contributed by atoms with van der Waals surface area (Å²) in [6, 6.07) is 10.9. The first-order valence-corrected chi connectivity index (χ1v) is 7.00. The summed E-state index contributed by atoms with van der Waals surface area (Å²) in [6.45, 7) is 2.12. The van der Waals surface area contributed by atoms with Gasteiger partial charge in [-0.05, 0) is 40.5 Å². The van der Waals surface area contributed by atoms with Crippen molar-refractivity contribution in [3.63, 3.8) is 0 Å². The van der Waals surface area contributed by atoms with Crippen molar-refractivity contribution in [2.45, 2.75) is 13.0 Å². The van der Waals surface area contributed by atoms with Gasteiger partial charge in [0.15, 0.2) is 0 Å². The van der Waals surface area contributed by atoms with Gasteiger partial charge in [0.1, 0.15) is 4.60 Å². The molecule has 1 unspecified atom stereocenters. The number of pyridine rings is 1. The van der Waals surface area contributed by atoms with Crippen LogP contribution >= 0.6 is 15.9 Å². The second kappa shape index (κ2) is 6.63. The summed E-state index contributed by atoms with van der Waals surface area (Å²) in [5, 5.41) is 12.8. The quantitative estimate of drug-likeness (QED) is 0.845. The van der Waals surface area contributed by atoms with Gasteiger partial charge in [0.05, 0.1) is 11.7 Å². The minimum atomic E-state index is -0.728. The van der Waals surface area contributed by atoms with Crippen LogP contribution in [0.4, 0.5) is 0 Å². The zero-order valence-electron chi connectivity index (χ0n) is 11.0. The molecular weight excluding hydrogens is 320 g/mol. The van der Waals surface area contributed by atoms with Crippen LogP contribution < -0.4 is 5.32 Å². The van der Waals surface area contributed by atoms with Gasteiger partial charge in [-0.2, -0.15) is 0 Å². The third-order valence-electron chi connectivity index (χ3n) is 2.89. The summed E-state index contributed by atoms with van der Waals surface area (Å²) in [7, 11) is 0. The summed E-state index contributed by atoms with van der Waals surface area (Å²) in [6.07, 6.45) is 0.872. The zero-order chi connectivity index (χ0) is 14.5. The molecule has 1 aromatic carbocycles. The number of halogens is 1. The van der Waals surface area contributed by atoms with Crippen LogP contribution in [0.1, 0.15) is 27.6 Å². The van der Waals surface area contributed by atoms with E-state index >= 15 is 0 Å². The molecule has 1 aromatic heterocycles. The number of hydrogen-bond donors (Lipinski definition) is 2. The van der Waals surface area contributed by atoms with E-state index in [1.165, 1.54) is 0 Å². The van der Waals surface area contributed by atoms with Crippen LogP contribution in [-0.2, 0) is 0 Å². The van der Waals surface area contributed by atoms with Crippen molar-refractivity contribution < 1.29 is 9.90 Å². The number of nitrogens with one attached hydrogen (secondary N) is 1. The fraction of sp³-hybridized carbons (Fsp3) is 0.200.